The van der Waals surface area contributed by atoms with Gasteiger partial charge >= 0.3 is 0 Å². The second-order valence-corrected chi connectivity index (χ2v) is 11.5. The van der Waals surface area contributed by atoms with Gasteiger partial charge in [-0.3, -0.25) is 13.9 Å². The molecule has 1 atom stereocenters. The molecule has 0 heterocycles. The minimum atomic E-state index is -4.12. The van der Waals surface area contributed by atoms with Gasteiger partial charge < -0.3 is 10.2 Å². The van der Waals surface area contributed by atoms with Crippen molar-refractivity contribution in [3.05, 3.63) is 93.5 Å². The summed E-state index contributed by atoms with van der Waals surface area (Å²) in [4.78, 5) is 28.2. The molecule has 0 aromatic heterocycles. The molecular formula is C28H31Cl2N3O4S. The Kier molecular flexibility index (Phi) is 9.82. The fraction of sp³-hybridized carbons (Fsp3) is 0.286. The van der Waals surface area contributed by atoms with E-state index in [1.165, 1.54) is 24.1 Å². The van der Waals surface area contributed by atoms with Crippen LogP contribution in [0.5, 0.6) is 0 Å². The van der Waals surface area contributed by atoms with Gasteiger partial charge in [-0.25, -0.2) is 8.42 Å². The van der Waals surface area contributed by atoms with Gasteiger partial charge in [0, 0.05) is 13.6 Å². The Morgan fingerprint density at radius 3 is 2.24 bits per heavy atom. The summed E-state index contributed by atoms with van der Waals surface area (Å²) in [6.07, 6.45) is 0.321. The van der Waals surface area contributed by atoms with Gasteiger partial charge in [0.05, 0.1) is 20.6 Å². The number of carbonyl (C=O) groups excluding carboxylic acids is 2. The quantitative estimate of drug-likeness (QED) is 0.352. The van der Waals surface area contributed by atoms with Gasteiger partial charge in [0.15, 0.2) is 0 Å². The highest BCUT2D eigenvalue weighted by molar-refractivity contribution is 7.92. The molecule has 10 heteroatoms. The summed E-state index contributed by atoms with van der Waals surface area (Å²) in [5.41, 5.74) is 2.66. The number of hydrogen-bond acceptors (Lipinski definition) is 4. The van der Waals surface area contributed by atoms with Crippen LogP contribution in [0.4, 0.5) is 5.69 Å². The number of amides is 2. The predicted molar refractivity (Wildman–Crippen MR) is 152 cm³/mol. The van der Waals surface area contributed by atoms with Gasteiger partial charge in [0.1, 0.15) is 12.6 Å². The van der Waals surface area contributed by atoms with Gasteiger partial charge in [-0.05, 0) is 67.3 Å². The highest BCUT2D eigenvalue weighted by atomic mass is 35.5. The van der Waals surface area contributed by atoms with Crippen LogP contribution in [-0.2, 0) is 26.2 Å². The molecule has 0 bridgehead atoms. The van der Waals surface area contributed by atoms with Crippen molar-refractivity contribution in [3.63, 3.8) is 0 Å². The molecule has 0 saturated heterocycles. The average molecular weight is 577 g/mol. The van der Waals surface area contributed by atoms with E-state index in [1.54, 1.807) is 55.5 Å². The topological polar surface area (TPSA) is 86.8 Å². The first-order valence-corrected chi connectivity index (χ1v) is 14.3. The number of benzene rings is 3. The number of carbonyl (C=O) groups is 2. The van der Waals surface area contributed by atoms with E-state index >= 15 is 0 Å². The number of aryl methyl sites for hydroxylation is 1. The van der Waals surface area contributed by atoms with Crippen LogP contribution < -0.4 is 9.62 Å². The molecule has 0 unspecified atom stereocenters. The third-order valence-electron chi connectivity index (χ3n) is 6.42. The third kappa shape index (κ3) is 6.49. The first kappa shape index (κ1) is 29.5. The summed E-state index contributed by atoms with van der Waals surface area (Å²) in [7, 11) is -2.62. The van der Waals surface area contributed by atoms with Crippen molar-refractivity contribution < 1.29 is 18.0 Å². The Morgan fingerprint density at radius 2 is 1.63 bits per heavy atom. The van der Waals surface area contributed by atoms with E-state index in [-0.39, 0.29) is 17.3 Å². The highest BCUT2D eigenvalue weighted by Crippen LogP contribution is 2.29. The number of halogens is 2. The second-order valence-electron chi connectivity index (χ2n) is 8.85. The number of nitrogens with one attached hydrogen (secondary N) is 1. The number of anilines is 1. The van der Waals surface area contributed by atoms with Gasteiger partial charge in [-0.15, -0.1) is 0 Å². The van der Waals surface area contributed by atoms with E-state index in [9.17, 15) is 18.0 Å². The summed E-state index contributed by atoms with van der Waals surface area (Å²) in [6, 6.07) is 17.4. The van der Waals surface area contributed by atoms with Crippen LogP contribution in [0.25, 0.3) is 0 Å². The van der Waals surface area contributed by atoms with Crippen LogP contribution >= 0.6 is 23.2 Å². The Bertz CT molecular complexity index is 1410. The standard InChI is InChI=1S/C28H31Cl2N3O4S/c1-5-25(28(35)31-4)32(17-21-14-15-23(29)24(30)16-21)27(34)18-33(26-13-9-10-19(2)20(26)3)38(36,37)22-11-7-6-8-12-22/h6-16,25H,5,17-18H2,1-4H3,(H,31,35)/t25-/m0/s1. The van der Waals surface area contributed by atoms with Crippen LogP contribution in [0.1, 0.15) is 30.0 Å². The van der Waals surface area contributed by atoms with Gasteiger partial charge in [0.25, 0.3) is 10.0 Å². The first-order chi connectivity index (χ1) is 18.0. The highest BCUT2D eigenvalue weighted by Gasteiger charge is 2.34. The van der Waals surface area contributed by atoms with Crippen molar-refractivity contribution in [2.24, 2.45) is 0 Å². The van der Waals surface area contributed by atoms with Crippen molar-refractivity contribution in [2.45, 2.75) is 44.7 Å². The van der Waals surface area contributed by atoms with E-state index < -0.39 is 28.5 Å². The lowest BCUT2D eigenvalue weighted by atomic mass is 10.1. The molecule has 3 aromatic rings. The van der Waals surface area contributed by atoms with E-state index in [4.69, 9.17) is 23.2 Å². The van der Waals surface area contributed by atoms with Crippen molar-refractivity contribution in [1.29, 1.82) is 0 Å². The molecule has 0 radical (unpaired) electrons. The molecule has 0 fully saturated rings. The Labute approximate surface area is 234 Å². The van der Waals surface area contributed by atoms with E-state index in [2.05, 4.69) is 5.32 Å². The van der Waals surface area contributed by atoms with Gasteiger partial charge in [-0.2, -0.15) is 0 Å². The Morgan fingerprint density at radius 1 is 0.947 bits per heavy atom. The first-order valence-electron chi connectivity index (χ1n) is 12.1. The van der Waals surface area contributed by atoms with Crippen LogP contribution in [0.2, 0.25) is 10.0 Å². The SMILES string of the molecule is CC[C@@H](C(=O)NC)N(Cc1ccc(Cl)c(Cl)c1)C(=O)CN(c1cccc(C)c1C)S(=O)(=O)c1ccccc1. The Hall–Kier alpha value is -3.07. The van der Waals surface area contributed by atoms with Crippen LogP contribution in [0.3, 0.4) is 0 Å². The van der Waals surface area contributed by atoms with E-state index in [0.29, 0.717) is 27.7 Å². The molecule has 38 heavy (non-hydrogen) atoms. The van der Waals surface area contributed by atoms with Gasteiger partial charge in [0.2, 0.25) is 11.8 Å². The molecule has 7 nitrogen and oxygen atoms in total. The third-order valence-corrected chi connectivity index (χ3v) is 8.94. The van der Waals surface area contributed by atoms with Crippen molar-refractivity contribution >= 4 is 50.7 Å². The van der Waals surface area contributed by atoms with E-state index in [0.717, 1.165) is 15.4 Å². The number of rotatable bonds is 10. The molecule has 0 aliphatic rings. The summed E-state index contributed by atoms with van der Waals surface area (Å²) < 4.78 is 28.9. The number of likely N-dealkylation sites (N-methyl/N-ethyl adjacent to an activating group) is 1. The lowest BCUT2D eigenvalue weighted by molar-refractivity contribution is -0.140. The maximum Gasteiger partial charge on any atom is 0.264 e. The predicted octanol–water partition coefficient (Wildman–Crippen LogP) is 5.36. The van der Waals surface area contributed by atoms with Crippen LogP contribution in [0.15, 0.2) is 71.6 Å². The van der Waals surface area contributed by atoms with E-state index in [1.807, 2.05) is 19.9 Å². The van der Waals surface area contributed by atoms with Crippen molar-refractivity contribution in [1.82, 2.24) is 10.2 Å². The number of nitrogens with zero attached hydrogens (tertiary/aromatic N) is 2. The minimum absolute atomic E-state index is 0.0354. The number of hydrogen-bond donors (Lipinski definition) is 1. The van der Waals surface area contributed by atoms with Crippen LogP contribution in [0, 0.1) is 13.8 Å². The molecular weight excluding hydrogens is 545 g/mol. The zero-order valence-corrected chi connectivity index (χ0v) is 24.1. The minimum Gasteiger partial charge on any atom is -0.357 e. The normalized spacial score (nSPS) is 12.1. The fourth-order valence-corrected chi connectivity index (χ4v) is 5.97. The summed E-state index contributed by atoms with van der Waals surface area (Å²) in [6.45, 7) is 5.01. The summed E-state index contributed by atoms with van der Waals surface area (Å²) in [5, 5.41) is 3.28. The molecule has 3 rings (SSSR count). The molecule has 0 spiro atoms. The van der Waals surface area contributed by atoms with Crippen molar-refractivity contribution in [2.75, 3.05) is 17.9 Å². The number of sulfonamides is 1. The second kappa shape index (κ2) is 12.7. The molecule has 1 N–H and O–H groups in total. The zero-order chi connectivity index (χ0) is 28.0. The summed E-state index contributed by atoms with van der Waals surface area (Å²) >= 11 is 12.3. The molecule has 3 aromatic carbocycles. The largest absolute Gasteiger partial charge is 0.357 e. The molecule has 0 aliphatic heterocycles. The zero-order valence-electron chi connectivity index (χ0n) is 21.7. The summed E-state index contributed by atoms with van der Waals surface area (Å²) in [5.74, 6) is -0.892. The van der Waals surface area contributed by atoms with Crippen molar-refractivity contribution in [3.8, 4) is 0 Å². The van der Waals surface area contributed by atoms with Crippen LogP contribution in [-0.4, -0.2) is 44.8 Å². The van der Waals surface area contributed by atoms with Gasteiger partial charge in [-0.1, -0.05) is 66.5 Å². The maximum absolute atomic E-state index is 14.0. The maximum atomic E-state index is 14.0. The smallest absolute Gasteiger partial charge is 0.264 e. The molecule has 0 aliphatic carbocycles. The molecule has 202 valence electrons. The average Bonchev–Trinajstić information content (AvgIpc) is 2.91. The Balaban J connectivity index is 2.10. The molecule has 2 amide bonds. The monoisotopic (exact) mass is 575 g/mol. The fourth-order valence-electron chi connectivity index (χ4n) is 4.16. The molecule has 0 saturated carbocycles. The lowest BCUT2D eigenvalue weighted by Gasteiger charge is -2.33. The lowest BCUT2D eigenvalue weighted by Crippen LogP contribution is -2.51.